The number of ether oxygens (including phenoxy) is 1. The van der Waals surface area contributed by atoms with Crippen molar-refractivity contribution >= 4 is 5.97 Å². The van der Waals surface area contributed by atoms with Gasteiger partial charge in [0.2, 0.25) is 0 Å². The van der Waals surface area contributed by atoms with E-state index in [1.807, 2.05) is 0 Å². The van der Waals surface area contributed by atoms with Crippen LogP contribution in [-0.4, -0.2) is 41.8 Å². The lowest BCUT2D eigenvalue weighted by Gasteiger charge is -2.39. The molecule has 0 spiro atoms. The summed E-state index contributed by atoms with van der Waals surface area (Å²) in [5, 5.41) is 9.08. The minimum absolute atomic E-state index is 0.00212. The zero-order valence-electron chi connectivity index (χ0n) is 11.8. The first kappa shape index (κ1) is 13.6. The van der Waals surface area contributed by atoms with E-state index < -0.39 is 5.97 Å². The van der Waals surface area contributed by atoms with Crippen molar-refractivity contribution in [2.75, 3.05) is 19.8 Å². The van der Waals surface area contributed by atoms with Crippen LogP contribution in [0.2, 0.25) is 0 Å². The summed E-state index contributed by atoms with van der Waals surface area (Å²) in [4.78, 5) is 13.4. The third-order valence-electron chi connectivity index (χ3n) is 4.43. The van der Waals surface area contributed by atoms with Gasteiger partial charge in [-0.1, -0.05) is 23.8 Å². The second-order valence-electron chi connectivity index (χ2n) is 5.82. The number of rotatable bonds is 3. The van der Waals surface area contributed by atoms with Crippen molar-refractivity contribution in [1.29, 1.82) is 0 Å². The highest BCUT2D eigenvalue weighted by Crippen LogP contribution is 2.38. The fourth-order valence-corrected chi connectivity index (χ4v) is 3.50. The van der Waals surface area contributed by atoms with Gasteiger partial charge in [0.1, 0.15) is 0 Å². The predicted octanol–water partition coefficient (Wildman–Crippen LogP) is 2.16. The Morgan fingerprint density at radius 3 is 3.15 bits per heavy atom. The van der Waals surface area contributed by atoms with Gasteiger partial charge in [0.15, 0.2) is 0 Å². The molecule has 1 aliphatic carbocycles. The SMILES string of the molecule is Cc1ccc2c(c1)C(N1CCOCC1CC(=O)O)CC2. The van der Waals surface area contributed by atoms with E-state index in [-0.39, 0.29) is 12.5 Å². The number of hydrogen-bond acceptors (Lipinski definition) is 3. The molecule has 0 saturated carbocycles. The summed E-state index contributed by atoms with van der Waals surface area (Å²) in [6, 6.07) is 7.00. The maximum atomic E-state index is 11.0. The van der Waals surface area contributed by atoms with Crippen LogP contribution < -0.4 is 0 Å². The number of benzene rings is 1. The summed E-state index contributed by atoms with van der Waals surface area (Å²) in [5.41, 5.74) is 4.09. The highest BCUT2D eigenvalue weighted by atomic mass is 16.5. The van der Waals surface area contributed by atoms with E-state index in [2.05, 4.69) is 30.0 Å². The van der Waals surface area contributed by atoms with Crippen LogP contribution in [-0.2, 0) is 16.0 Å². The molecule has 4 nitrogen and oxygen atoms in total. The molecule has 108 valence electrons. The smallest absolute Gasteiger partial charge is 0.305 e. The van der Waals surface area contributed by atoms with E-state index >= 15 is 0 Å². The van der Waals surface area contributed by atoms with Gasteiger partial charge in [-0.2, -0.15) is 0 Å². The highest BCUT2D eigenvalue weighted by Gasteiger charge is 2.35. The molecule has 0 radical (unpaired) electrons. The molecule has 2 unspecified atom stereocenters. The first-order chi connectivity index (χ1) is 9.65. The lowest BCUT2D eigenvalue weighted by atomic mass is 10.0. The van der Waals surface area contributed by atoms with Crippen LogP contribution in [0.25, 0.3) is 0 Å². The molecule has 1 aromatic carbocycles. The van der Waals surface area contributed by atoms with E-state index in [1.165, 1.54) is 16.7 Å². The molecule has 0 aromatic heterocycles. The standard InChI is InChI=1S/C16H21NO3/c1-11-2-3-12-4-5-15(14(12)8-11)17-6-7-20-10-13(17)9-16(18)19/h2-3,8,13,15H,4-7,9-10H2,1H3,(H,18,19). The number of aliphatic carboxylic acids is 1. The van der Waals surface area contributed by atoms with Gasteiger partial charge >= 0.3 is 5.97 Å². The van der Waals surface area contributed by atoms with E-state index in [9.17, 15) is 4.79 Å². The van der Waals surface area contributed by atoms with Gasteiger partial charge in [-0.15, -0.1) is 0 Å². The molecule has 1 heterocycles. The van der Waals surface area contributed by atoms with Crippen molar-refractivity contribution in [3.63, 3.8) is 0 Å². The zero-order chi connectivity index (χ0) is 14.1. The Morgan fingerprint density at radius 1 is 1.50 bits per heavy atom. The highest BCUT2D eigenvalue weighted by molar-refractivity contribution is 5.67. The van der Waals surface area contributed by atoms with Crippen LogP contribution in [0.1, 0.15) is 35.6 Å². The molecule has 20 heavy (non-hydrogen) atoms. The van der Waals surface area contributed by atoms with Crippen molar-refractivity contribution in [3.05, 3.63) is 34.9 Å². The summed E-state index contributed by atoms with van der Waals surface area (Å²) < 4.78 is 5.48. The summed E-state index contributed by atoms with van der Waals surface area (Å²) in [7, 11) is 0. The molecular weight excluding hydrogens is 254 g/mol. The van der Waals surface area contributed by atoms with Gasteiger partial charge in [-0.3, -0.25) is 9.69 Å². The van der Waals surface area contributed by atoms with Gasteiger partial charge in [-0.05, 0) is 30.9 Å². The van der Waals surface area contributed by atoms with Crippen molar-refractivity contribution < 1.29 is 14.6 Å². The lowest BCUT2D eigenvalue weighted by molar-refractivity contribution is -0.141. The third kappa shape index (κ3) is 2.58. The molecule has 3 rings (SSSR count). The lowest BCUT2D eigenvalue weighted by Crippen LogP contribution is -2.47. The van der Waals surface area contributed by atoms with E-state index in [1.54, 1.807) is 0 Å². The largest absolute Gasteiger partial charge is 0.481 e. The Morgan fingerprint density at radius 2 is 2.35 bits per heavy atom. The Kier molecular flexibility index (Phi) is 3.76. The second-order valence-corrected chi connectivity index (χ2v) is 5.82. The van der Waals surface area contributed by atoms with Crippen molar-refractivity contribution in [3.8, 4) is 0 Å². The van der Waals surface area contributed by atoms with Crippen LogP contribution in [0.4, 0.5) is 0 Å². The maximum Gasteiger partial charge on any atom is 0.305 e. The van der Waals surface area contributed by atoms with Gasteiger partial charge in [0, 0.05) is 18.6 Å². The number of fused-ring (bicyclic) bond motifs is 1. The second kappa shape index (κ2) is 5.54. The van der Waals surface area contributed by atoms with Gasteiger partial charge in [-0.25, -0.2) is 0 Å². The van der Waals surface area contributed by atoms with Gasteiger partial charge in [0.25, 0.3) is 0 Å². The van der Waals surface area contributed by atoms with Crippen LogP contribution in [0.3, 0.4) is 0 Å². The Labute approximate surface area is 119 Å². The van der Waals surface area contributed by atoms with E-state index in [4.69, 9.17) is 9.84 Å². The first-order valence-electron chi connectivity index (χ1n) is 7.30. The fraction of sp³-hybridized carbons (Fsp3) is 0.562. The number of hydrogen-bond donors (Lipinski definition) is 1. The molecule has 2 atom stereocenters. The zero-order valence-corrected chi connectivity index (χ0v) is 11.8. The van der Waals surface area contributed by atoms with Crippen LogP contribution in [0, 0.1) is 6.92 Å². The number of carbonyl (C=O) groups is 1. The minimum Gasteiger partial charge on any atom is -0.481 e. The number of carboxylic acids is 1. The summed E-state index contributed by atoms with van der Waals surface area (Å²) in [5.74, 6) is -0.743. The topological polar surface area (TPSA) is 49.8 Å². The third-order valence-corrected chi connectivity index (χ3v) is 4.43. The van der Waals surface area contributed by atoms with Gasteiger partial charge < -0.3 is 9.84 Å². The normalized spacial score (nSPS) is 26.4. The van der Waals surface area contributed by atoms with Crippen molar-refractivity contribution in [2.24, 2.45) is 0 Å². The van der Waals surface area contributed by atoms with Gasteiger partial charge in [0.05, 0.1) is 19.6 Å². The molecule has 1 aliphatic heterocycles. The molecule has 1 saturated heterocycles. The molecule has 0 bridgehead atoms. The van der Waals surface area contributed by atoms with E-state index in [0.717, 1.165) is 19.4 Å². The first-order valence-corrected chi connectivity index (χ1v) is 7.30. The summed E-state index contributed by atoms with van der Waals surface area (Å²) >= 11 is 0. The quantitative estimate of drug-likeness (QED) is 0.918. The summed E-state index contributed by atoms with van der Waals surface area (Å²) in [6.07, 6.45) is 2.35. The Hall–Kier alpha value is -1.39. The van der Waals surface area contributed by atoms with Crippen molar-refractivity contribution in [1.82, 2.24) is 4.90 Å². The van der Waals surface area contributed by atoms with Crippen molar-refractivity contribution in [2.45, 2.75) is 38.3 Å². The minimum atomic E-state index is -0.743. The average molecular weight is 275 g/mol. The van der Waals surface area contributed by atoms with Crippen LogP contribution in [0.15, 0.2) is 18.2 Å². The predicted molar refractivity (Wildman–Crippen MR) is 75.8 cm³/mol. The average Bonchev–Trinajstić information content (AvgIpc) is 2.81. The molecule has 1 N–H and O–H groups in total. The number of morpholine rings is 1. The molecule has 1 aromatic rings. The molecule has 4 heteroatoms. The Bertz CT molecular complexity index is 514. The number of carboxylic acid groups (broad SMARTS) is 1. The molecule has 0 amide bonds. The van der Waals surface area contributed by atoms with Crippen LogP contribution >= 0.6 is 0 Å². The van der Waals surface area contributed by atoms with E-state index in [0.29, 0.717) is 19.3 Å². The summed E-state index contributed by atoms with van der Waals surface area (Å²) in [6.45, 7) is 4.18. The Balaban J connectivity index is 1.85. The molecule has 2 aliphatic rings. The number of nitrogens with zero attached hydrogens (tertiary/aromatic N) is 1. The molecule has 1 fully saturated rings. The number of aryl methyl sites for hydroxylation is 2. The fourth-order valence-electron chi connectivity index (χ4n) is 3.50. The maximum absolute atomic E-state index is 11.0. The monoisotopic (exact) mass is 275 g/mol. The molecular formula is C16H21NO3. The van der Waals surface area contributed by atoms with Crippen LogP contribution in [0.5, 0.6) is 0 Å².